The number of aryl methyl sites for hydroxylation is 1. The molecule has 0 radical (unpaired) electrons. The van der Waals surface area contributed by atoms with Crippen LogP contribution in [0.3, 0.4) is 0 Å². The number of benzene rings is 1. The fourth-order valence-electron chi connectivity index (χ4n) is 3.20. The van der Waals surface area contributed by atoms with Crippen molar-refractivity contribution in [3.63, 3.8) is 0 Å². The van der Waals surface area contributed by atoms with E-state index in [2.05, 4.69) is 4.98 Å². The monoisotopic (exact) mass is 428 g/mol. The van der Waals surface area contributed by atoms with Crippen molar-refractivity contribution < 1.29 is 14.3 Å². The predicted octanol–water partition coefficient (Wildman–Crippen LogP) is 5.27. The van der Waals surface area contributed by atoms with Gasteiger partial charge in [0.2, 0.25) is 0 Å². The number of hydrogen-bond acceptors (Lipinski definition) is 6. The van der Waals surface area contributed by atoms with E-state index in [1.165, 1.54) is 11.8 Å². The number of carbonyl (C=O) groups is 2. The van der Waals surface area contributed by atoms with Crippen molar-refractivity contribution in [2.24, 2.45) is 0 Å². The second kappa shape index (κ2) is 9.41. The van der Waals surface area contributed by atoms with Gasteiger partial charge in [-0.1, -0.05) is 0 Å². The molecule has 1 aromatic carbocycles. The largest absolute Gasteiger partial charge is 0.494 e. The van der Waals surface area contributed by atoms with E-state index in [0.29, 0.717) is 23.7 Å². The van der Waals surface area contributed by atoms with Crippen LogP contribution < -0.4 is 4.74 Å². The normalized spacial score (nSPS) is 10.9. The Morgan fingerprint density at radius 3 is 2.69 bits per heavy atom. The number of hydrogen-bond donors (Lipinski definition) is 0. The molecule has 0 N–H and O–H groups in total. The predicted molar refractivity (Wildman–Crippen MR) is 119 cm³/mol. The number of ketones is 2. The Morgan fingerprint density at radius 2 is 2.03 bits per heavy atom. The lowest BCUT2D eigenvalue weighted by molar-refractivity contribution is 0.101. The average Bonchev–Trinajstić information content (AvgIpc) is 3.30. The van der Waals surface area contributed by atoms with E-state index in [0.717, 1.165) is 33.4 Å². The van der Waals surface area contributed by atoms with Crippen LogP contribution in [0.5, 0.6) is 5.75 Å². The molecule has 0 aliphatic rings. The zero-order valence-electron chi connectivity index (χ0n) is 17.0. The van der Waals surface area contributed by atoms with E-state index in [-0.39, 0.29) is 11.6 Å². The summed E-state index contributed by atoms with van der Waals surface area (Å²) in [6.45, 7) is 7.97. The van der Waals surface area contributed by atoms with E-state index in [4.69, 9.17) is 4.74 Å². The summed E-state index contributed by atoms with van der Waals surface area (Å²) in [5.41, 5.74) is 4.23. The van der Waals surface area contributed by atoms with Crippen molar-refractivity contribution in [1.29, 1.82) is 0 Å². The van der Waals surface area contributed by atoms with Crippen LogP contribution in [0.4, 0.5) is 0 Å². The number of thiazole rings is 1. The van der Waals surface area contributed by atoms with Gasteiger partial charge in [0.25, 0.3) is 0 Å². The molecule has 3 aromatic rings. The molecule has 29 heavy (non-hydrogen) atoms. The summed E-state index contributed by atoms with van der Waals surface area (Å²) < 4.78 is 7.69. The molecule has 0 fully saturated rings. The highest BCUT2D eigenvalue weighted by Gasteiger charge is 2.18. The smallest absolute Gasteiger partial charge is 0.193 e. The first-order chi connectivity index (χ1) is 13.9. The quantitative estimate of drug-likeness (QED) is 0.435. The molecular weight excluding hydrogens is 404 g/mol. The molecule has 7 heteroatoms. The van der Waals surface area contributed by atoms with Gasteiger partial charge < -0.3 is 4.74 Å². The van der Waals surface area contributed by atoms with Crippen LogP contribution in [0.25, 0.3) is 5.13 Å². The van der Waals surface area contributed by atoms with Crippen molar-refractivity contribution >= 4 is 34.7 Å². The highest BCUT2D eigenvalue weighted by molar-refractivity contribution is 7.99. The molecule has 0 saturated heterocycles. The van der Waals surface area contributed by atoms with Gasteiger partial charge in [-0.3, -0.25) is 14.2 Å². The third-order valence-corrected chi connectivity index (χ3v) is 6.34. The number of thioether (sulfide) groups is 1. The van der Waals surface area contributed by atoms with Crippen LogP contribution in [0.15, 0.2) is 35.8 Å². The summed E-state index contributed by atoms with van der Waals surface area (Å²) >= 11 is 3.08. The zero-order valence-corrected chi connectivity index (χ0v) is 18.7. The topological polar surface area (TPSA) is 61.2 Å². The maximum absolute atomic E-state index is 12.8. The van der Waals surface area contributed by atoms with E-state index in [1.54, 1.807) is 30.5 Å². The van der Waals surface area contributed by atoms with Gasteiger partial charge in [-0.25, -0.2) is 4.98 Å². The van der Waals surface area contributed by atoms with Gasteiger partial charge in [-0.05, 0) is 52.0 Å². The van der Waals surface area contributed by atoms with Gasteiger partial charge in [0, 0.05) is 45.4 Å². The van der Waals surface area contributed by atoms with Gasteiger partial charge in [0.1, 0.15) is 5.75 Å². The molecule has 0 saturated carbocycles. The van der Waals surface area contributed by atoms with Crippen molar-refractivity contribution in [2.45, 2.75) is 33.4 Å². The fourth-order valence-corrected chi connectivity index (χ4v) is 4.84. The van der Waals surface area contributed by atoms with Crippen LogP contribution in [0, 0.1) is 13.8 Å². The van der Waals surface area contributed by atoms with Gasteiger partial charge >= 0.3 is 0 Å². The molecule has 0 aliphatic carbocycles. The Labute approximate surface area is 179 Å². The minimum Gasteiger partial charge on any atom is -0.494 e. The molecule has 5 nitrogen and oxygen atoms in total. The first-order valence-corrected chi connectivity index (χ1v) is 11.4. The maximum Gasteiger partial charge on any atom is 0.193 e. The highest BCUT2D eigenvalue weighted by Crippen LogP contribution is 2.27. The molecule has 0 aliphatic heterocycles. The summed E-state index contributed by atoms with van der Waals surface area (Å²) in [5.74, 6) is 1.84. The second-order valence-electron chi connectivity index (χ2n) is 6.66. The van der Waals surface area contributed by atoms with Gasteiger partial charge in [0.05, 0.1) is 12.4 Å². The zero-order chi connectivity index (χ0) is 21.0. The van der Waals surface area contributed by atoms with Crippen molar-refractivity contribution in [3.05, 3.63) is 63.9 Å². The molecule has 2 heterocycles. The van der Waals surface area contributed by atoms with Gasteiger partial charge in [0.15, 0.2) is 16.7 Å². The van der Waals surface area contributed by atoms with E-state index in [1.807, 2.05) is 48.9 Å². The summed E-state index contributed by atoms with van der Waals surface area (Å²) in [6, 6.07) is 7.40. The highest BCUT2D eigenvalue weighted by atomic mass is 32.2. The van der Waals surface area contributed by atoms with Gasteiger partial charge in [-0.2, -0.15) is 0 Å². The lowest BCUT2D eigenvalue weighted by Crippen LogP contribution is -2.06. The van der Waals surface area contributed by atoms with E-state index in [9.17, 15) is 9.59 Å². The molecule has 0 spiro atoms. The number of rotatable bonds is 9. The summed E-state index contributed by atoms with van der Waals surface area (Å²) in [7, 11) is 0. The number of nitrogens with zero attached hydrogens (tertiary/aromatic N) is 2. The van der Waals surface area contributed by atoms with Crippen LogP contribution in [0.2, 0.25) is 0 Å². The van der Waals surface area contributed by atoms with Gasteiger partial charge in [-0.15, -0.1) is 23.1 Å². The number of aromatic nitrogens is 2. The molecule has 3 rings (SSSR count). The number of Topliss-reactive ketones (excluding diaryl/α,β-unsaturated/α-hetero) is 2. The van der Waals surface area contributed by atoms with E-state index >= 15 is 0 Å². The molecular formula is C22H24N2O3S2. The number of carbonyl (C=O) groups excluding carboxylic acids is 2. The van der Waals surface area contributed by atoms with Crippen LogP contribution in [-0.2, 0) is 5.75 Å². The standard InChI is InChI=1S/C22H24N2O3S2/c1-5-27-21-7-6-17(16(4)25)11-18(21)12-28-13-20(26)19-10-14(2)24(15(19)3)22-23-8-9-29-22/h6-11H,5,12-13H2,1-4H3. The number of ether oxygens (including phenoxy) is 1. The molecule has 2 aromatic heterocycles. The molecule has 0 unspecified atom stereocenters. The molecule has 152 valence electrons. The Balaban J connectivity index is 1.72. The minimum absolute atomic E-state index is 0.0185. The van der Waals surface area contributed by atoms with Crippen molar-refractivity contribution in [3.8, 4) is 10.9 Å². The summed E-state index contributed by atoms with van der Waals surface area (Å²) in [5, 5.41) is 2.80. The van der Waals surface area contributed by atoms with Crippen LogP contribution >= 0.6 is 23.1 Å². The van der Waals surface area contributed by atoms with Crippen LogP contribution in [0.1, 0.15) is 51.5 Å². The molecule has 0 amide bonds. The average molecular weight is 429 g/mol. The van der Waals surface area contributed by atoms with Crippen molar-refractivity contribution in [1.82, 2.24) is 9.55 Å². The second-order valence-corrected chi connectivity index (χ2v) is 8.52. The lowest BCUT2D eigenvalue weighted by atomic mass is 10.1. The first-order valence-electron chi connectivity index (χ1n) is 9.38. The Hall–Kier alpha value is -2.38. The minimum atomic E-state index is 0.0185. The summed E-state index contributed by atoms with van der Waals surface area (Å²) in [6.07, 6.45) is 1.77. The Kier molecular flexibility index (Phi) is 6.92. The molecule has 0 bridgehead atoms. The SMILES string of the molecule is CCOc1ccc(C(C)=O)cc1CSCC(=O)c1cc(C)n(-c2nccs2)c1C. The summed E-state index contributed by atoms with van der Waals surface area (Å²) in [4.78, 5) is 28.9. The van der Waals surface area contributed by atoms with Crippen LogP contribution in [-0.4, -0.2) is 33.5 Å². The maximum atomic E-state index is 12.8. The lowest BCUT2D eigenvalue weighted by Gasteiger charge is -2.11. The Morgan fingerprint density at radius 1 is 1.24 bits per heavy atom. The first kappa shape index (κ1) is 21.3. The third kappa shape index (κ3) is 4.79. The third-order valence-electron chi connectivity index (χ3n) is 4.60. The Bertz CT molecular complexity index is 1020. The van der Waals surface area contributed by atoms with Crippen molar-refractivity contribution in [2.75, 3.05) is 12.4 Å². The van der Waals surface area contributed by atoms with E-state index < -0.39 is 0 Å². The fraction of sp³-hybridized carbons (Fsp3) is 0.318. The molecule has 0 atom stereocenters.